The van der Waals surface area contributed by atoms with Crippen LogP contribution in [0.25, 0.3) is 0 Å². The van der Waals surface area contributed by atoms with Gasteiger partial charge in [-0.05, 0) is 64.2 Å². The summed E-state index contributed by atoms with van der Waals surface area (Å²) in [5, 5.41) is 87.1. The first-order valence-electron chi connectivity index (χ1n) is 30.7. The zero-order valence-corrected chi connectivity index (χ0v) is 47.9. The van der Waals surface area contributed by atoms with Crippen LogP contribution < -0.4 is 5.32 Å². The quantitative estimate of drug-likeness (QED) is 0.0204. The average molecular weight is 1090 g/mol. The normalized spacial score (nSPS) is 25.2. The van der Waals surface area contributed by atoms with Gasteiger partial charge in [0.1, 0.15) is 48.8 Å². The minimum atomic E-state index is -1.79. The molecule has 2 aliphatic rings. The second-order valence-corrected chi connectivity index (χ2v) is 21.5. The SMILES string of the molecule is CC/C=C\C/C=C\C/C=C\C/C=C\C/C=C\CCCCCCCCCCCCCCCC(=O)NC(COC1OC(CO)C(OC2OC(CO)C(O)C(O)C2O)C(O)C1O)C(O)/C=C/CCCCCCCCCCCCCC. The molecule has 1 amide bonds. The molecule has 2 heterocycles. The van der Waals surface area contributed by atoms with Crippen LogP contribution in [0.3, 0.4) is 0 Å². The molecule has 0 aromatic rings. The highest BCUT2D eigenvalue weighted by Gasteiger charge is 2.51. The number of aliphatic hydroxyl groups is 8. The maximum Gasteiger partial charge on any atom is 0.220 e. The Morgan fingerprint density at radius 1 is 0.481 bits per heavy atom. The fourth-order valence-electron chi connectivity index (χ4n) is 9.73. The molecule has 0 spiro atoms. The molecule has 0 bridgehead atoms. The maximum atomic E-state index is 13.3. The number of unbranched alkanes of at least 4 members (excludes halogenated alkanes) is 25. The van der Waals surface area contributed by atoms with Crippen molar-refractivity contribution in [3.8, 4) is 0 Å². The monoisotopic (exact) mass is 1090 g/mol. The fourth-order valence-corrected chi connectivity index (χ4v) is 9.73. The highest BCUT2D eigenvalue weighted by molar-refractivity contribution is 5.76. The number of hydrogen-bond donors (Lipinski definition) is 9. The first-order valence-corrected chi connectivity index (χ1v) is 30.7. The summed E-state index contributed by atoms with van der Waals surface area (Å²) in [4.78, 5) is 13.3. The van der Waals surface area contributed by atoms with Crippen LogP contribution in [-0.2, 0) is 23.7 Å². The number of carbonyl (C=O) groups is 1. The molecule has 12 atom stereocenters. The molecule has 2 saturated heterocycles. The van der Waals surface area contributed by atoms with Crippen LogP contribution in [0.1, 0.15) is 226 Å². The molecule has 2 aliphatic heterocycles. The van der Waals surface area contributed by atoms with E-state index in [0.717, 1.165) is 77.0 Å². The first kappa shape index (κ1) is 70.5. The topological polar surface area (TPSA) is 228 Å². The van der Waals surface area contributed by atoms with Crippen molar-refractivity contribution in [1.82, 2.24) is 5.32 Å². The van der Waals surface area contributed by atoms with Crippen LogP contribution in [0.15, 0.2) is 72.9 Å². The Kier molecular flexibility index (Phi) is 44.1. The van der Waals surface area contributed by atoms with E-state index in [1.54, 1.807) is 6.08 Å². The van der Waals surface area contributed by atoms with Crippen molar-refractivity contribution in [1.29, 1.82) is 0 Å². The lowest BCUT2D eigenvalue weighted by atomic mass is 9.97. The smallest absolute Gasteiger partial charge is 0.220 e. The summed E-state index contributed by atoms with van der Waals surface area (Å²) in [7, 11) is 0. The van der Waals surface area contributed by atoms with E-state index >= 15 is 0 Å². The van der Waals surface area contributed by atoms with E-state index in [4.69, 9.17) is 18.9 Å². The molecule has 0 radical (unpaired) electrons. The summed E-state index contributed by atoms with van der Waals surface area (Å²) < 4.78 is 22.8. The van der Waals surface area contributed by atoms with Crippen molar-refractivity contribution in [2.24, 2.45) is 0 Å². The van der Waals surface area contributed by atoms with Gasteiger partial charge < -0.3 is 65.1 Å². The molecule has 0 aromatic carbocycles. The Labute approximate surface area is 466 Å². The second-order valence-electron chi connectivity index (χ2n) is 21.5. The average Bonchev–Trinajstić information content (AvgIpc) is 3.43. The van der Waals surface area contributed by atoms with Gasteiger partial charge in [0.05, 0.1) is 32.0 Å². The Hall–Kier alpha value is -2.57. The van der Waals surface area contributed by atoms with Crippen molar-refractivity contribution in [2.75, 3.05) is 19.8 Å². The molecule has 2 rings (SSSR count). The molecule has 0 aliphatic carbocycles. The minimum absolute atomic E-state index is 0.243. The zero-order valence-electron chi connectivity index (χ0n) is 47.9. The molecule has 9 N–H and O–H groups in total. The third-order valence-electron chi connectivity index (χ3n) is 14.6. The van der Waals surface area contributed by atoms with Gasteiger partial charge in [0, 0.05) is 6.42 Å². The number of rotatable bonds is 48. The van der Waals surface area contributed by atoms with E-state index in [9.17, 15) is 45.6 Å². The lowest BCUT2D eigenvalue weighted by Gasteiger charge is -2.46. The van der Waals surface area contributed by atoms with Crippen molar-refractivity contribution >= 4 is 5.91 Å². The third kappa shape index (κ3) is 33.7. The van der Waals surface area contributed by atoms with E-state index in [1.165, 1.54) is 122 Å². The number of amides is 1. The summed E-state index contributed by atoms with van der Waals surface area (Å²) in [5.41, 5.74) is 0. The number of carbonyl (C=O) groups excluding carboxylic acids is 1. The van der Waals surface area contributed by atoms with Crippen LogP contribution in [0.4, 0.5) is 0 Å². The summed E-state index contributed by atoms with van der Waals surface area (Å²) in [6.07, 6.45) is 46.5. The van der Waals surface area contributed by atoms with Gasteiger partial charge in [0.15, 0.2) is 12.6 Å². The Morgan fingerprint density at radius 2 is 0.896 bits per heavy atom. The minimum Gasteiger partial charge on any atom is -0.394 e. The largest absolute Gasteiger partial charge is 0.394 e. The lowest BCUT2D eigenvalue weighted by Crippen LogP contribution is -2.65. The molecular weight excluding hydrogens is 979 g/mol. The van der Waals surface area contributed by atoms with Crippen LogP contribution in [0.2, 0.25) is 0 Å². The molecule has 12 unspecified atom stereocenters. The fraction of sp³-hybridized carbons (Fsp3) is 0.794. The van der Waals surface area contributed by atoms with Crippen LogP contribution in [-0.4, -0.2) is 140 Å². The summed E-state index contributed by atoms with van der Waals surface area (Å²) in [6.45, 7) is 2.68. The predicted molar refractivity (Wildman–Crippen MR) is 309 cm³/mol. The predicted octanol–water partition coefficient (Wildman–Crippen LogP) is 10.7. The zero-order chi connectivity index (χ0) is 56.0. The van der Waals surface area contributed by atoms with E-state index in [-0.39, 0.29) is 18.9 Å². The Morgan fingerprint density at radius 3 is 1.38 bits per heavy atom. The number of hydrogen-bond acceptors (Lipinski definition) is 13. The van der Waals surface area contributed by atoms with Crippen molar-refractivity contribution < 1.29 is 64.6 Å². The number of allylic oxidation sites excluding steroid dienone is 11. The van der Waals surface area contributed by atoms with E-state index in [0.29, 0.717) is 6.42 Å². The van der Waals surface area contributed by atoms with E-state index < -0.39 is 86.8 Å². The van der Waals surface area contributed by atoms with Gasteiger partial charge in [-0.3, -0.25) is 4.79 Å². The summed E-state index contributed by atoms with van der Waals surface area (Å²) >= 11 is 0. The van der Waals surface area contributed by atoms with E-state index in [1.807, 2.05) is 6.08 Å². The molecule has 0 saturated carbocycles. The molecule has 14 nitrogen and oxygen atoms in total. The van der Waals surface area contributed by atoms with E-state index in [2.05, 4.69) is 79.9 Å². The van der Waals surface area contributed by atoms with Gasteiger partial charge in [-0.25, -0.2) is 0 Å². The van der Waals surface area contributed by atoms with Crippen molar-refractivity contribution in [2.45, 2.75) is 299 Å². The van der Waals surface area contributed by atoms with Gasteiger partial charge in [-0.2, -0.15) is 0 Å². The summed E-state index contributed by atoms with van der Waals surface area (Å²) in [5.74, 6) is -0.243. The number of ether oxygens (including phenoxy) is 4. The maximum absolute atomic E-state index is 13.3. The molecule has 446 valence electrons. The molecule has 77 heavy (non-hydrogen) atoms. The number of aliphatic hydroxyl groups excluding tert-OH is 8. The van der Waals surface area contributed by atoms with Crippen molar-refractivity contribution in [3.63, 3.8) is 0 Å². The van der Waals surface area contributed by atoms with Gasteiger partial charge in [-0.1, -0.05) is 228 Å². The van der Waals surface area contributed by atoms with Gasteiger partial charge in [0.2, 0.25) is 5.91 Å². The first-order chi connectivity index (χ1) is 37.6. The highest BCUT2D eigenvalue weighted by atomic mass is 16.7. The molecule has 14 heteroatoms. The van der Waals surface area contributed by atoms with Crippen molar-refractivity contribution in [3.05, 3.63) is 72.9 Å². The molecular formula is C63H111NO13. The van der Waals surface area contributed by atoms with Crippen LogP contribution >= 0.6 is 0 Å². The third-order valence-corrected chi connectivity index (χ3v) is 14.6. The van der Waals surface area contributed by atoms with Crippen LogP contribution in [0, 0.1) is 0 Å². The lowest BCUT2D eigenvalue weighted by molar-refractivity contribution is -0.359. The second kappa shape index (κ2) is 48.2. The van der Waals surface area contributed by atoms with Gasteiger partial charge >= 0.3 is 0 Å². The molecule has 2 fully saturated rings. The molecule has 0 aromatic heterocycles. The van der Waals surface area contributed by atoms with Gasteiger partial charge in [-0.15, -0.1) is 0 Å². The van der Waals surface area contributed by atoms with Crippen LogP contribution in [0.5, 0.6) is 0 Å². The number of nitrogens with one attached hydrogen (secondary N) is 1. The van der Waals surface area contributed by atoms with Gasteiger partial charge in [0.25, 0.3) is 0 Å². The summed E-state index contributed by atoms with van der Waals surface area (Å²) in [6, 6.07) is -0.918. The Bertz CT molecular complexity index is 1570. The highest BCUT2D eigenvalue weighted by Crippen LogP contribution is 2.30. The Balaban J connectivity index is 1.70. The standard InChI is InChI=1S/C63H111NO13/c1-3-5-7-9-11-13-15-17-19-20-21-22-23-24-25-26-27-28-29-30-31-32-33-35-37-39-41-43-45-47-55(68)64-51(52(67)46-44-42-40-38-36-34-18-16-14-12-10-8-6-4-2)50-74-62-60(73)58(71)61(54(49-66)76-62)77-63-59(72)57(70)56(69)53(48-65)75-63/h5,7,11,13,17,19,21-22,24-25,44,46,51-54,56-63,65-67,69-73H,3-4,6,8-10,12,14-16,18,20,23,26-43,45,47-50H2,1-2H3,(H,64,68)/b7-5-,13-11-,19-17-,22-21-,25-24-,46-44+.